The predicted octanol–water partition coefficient (Wildman–Crippen LogP) is 7.57. The fraction of sp³-hybridized carbons (Fsp3) is 0. The molecule has 8 rings (SSSR count). The van der Waals surface area contributed by atoms with Crippen molar-refractivity contribution < 1.29 is 0 Å². The average Bonchev–Trinajstić information content (AvgIpc) is 3.50. The fourth-order valence-electron chi connectivity index (χ4n) is 7.32. The molecule has 0 spiro atoms. The fourth-order valence-corrected chi connectivity index (χ4v) is 12.1. The molecule has 8 aromatic rings. The van der Waals surface area contributed by atoms with Gasteiger partial charge in [0.1, 0.15) is 6.07 Å². The second-order valence-electron chi connectivity index (χ2n) is 12.0. The third-order valence-electron chi connectivity index (χ3n) is 9.39. The van der Waals surface area contributed by atoms with Gasteiger partial charge >= 0.3 is 0 Å². The van der Waals surface area contributed by atoms with E-state index in [2.05, 4.69) is 162 Å². The number of rotatable bonds is 6. The van der Waals surface area contributed by atoms with Gasteiger partial charge in [0.05, 0.1) is 33.9 Å². The summed E-state index contributed by atoms with van der Waals surface area (Å²) in [6.07, 6.45) is 0. The molecule has 1 aromatic heterocycles. The highest BCUT2D eigenvalue weighted by Crippen LogP contribution is 2.34. The van der Waals surface area contributed by atoms with E-state index in [0.717, 1.165) is 43.8 Å². The molecule has 3 nitrogen and oxygen atoms in total. The Bertz CT molecular complexity index is 2370. The Kier molecular flexibility index (Phi) is 7.27. The van der Waals surface area contributed by atoms with Gasteiger partial charge < -0.3 is 4.57 Å². The zero-order valence-electron chi connectivity index (χ0n) is 26.1. The van der Waals surface area contributed by atoms with Crippen LogP contribution >= 0.6 is 0 Å². The monoisotopic (exact) mass is 627 g/mol. The number of fused-ring (bicyclic) bond motifs is 3. The first-order valence-electron chi connectivity index (χ1n) is 16.0. The van der Waals surface area contributed by atoms with Crippen molar-refractivity contribution in [2.75, 3.05) is 0 Å². The molecule has 0 aliphatic carbocycles. The summed E-state index contributed by atoms with van der Waals surface area (Å²) >= 11 is 0. The minimum absolute atomic E-state index is 0.570. The molecule has 0 saturated heterocycles. The molecule has 0 unspecified atom stereocenters. The molecule has 224 valence electrons. The van der Waals surface area contributed by atoms with Crippen molar-refractivity contribution in [3.8, 4) is 29.0 Å². The first-order chi connectivity index (χ1) is 23.7. The van der Waals surface area contributed by atoms with Gasteiger partial charge in [-0.2, -0.15) is 10.5 Å². The van der Waals surface area contributed by atoms with Crippen LogP contribution in [0.3, 0.4) is 0 Å². The summed E-state index contributed by atoms with van der Waals surface area (Å²) < 4.78 is 2.18. The van der Waals surface area contributed by atoms with E-state index >= 15 is 0 Å². The number of nitrogens with zero attached hydrogens (tertiary/aromatic N) is 3. The van der Waals surface area contributed by atoms with Gasteiger partial charge in [0, 0.05) is 10.8 Å². The zero-order valence-corrected chi connectivity index (χ0v) is 27.1. The minimum Gasteiger partial charge on any atom is -0.308 e. The Morgan fingerprint density at radius 2 is 0.917 bits per heavy atom. The van der Waals surface area contributed by atoms with Crippen LogP contribution in [0, 0.1) is 22.7 Å². The van der Waals surface area contributed by atoms with Crippen molar-refractivity contribution in [1.29, 1.82) is 10.5 Å². The second kappa shape index (κ2) is 12.0. The predicted molar refractivity (Wildman–Crippen MR) is 199 cm³/mol. The smallest absolute Gasteiger partial charge is 0.179 e. The van der Waals surface area contributed by atoms with Gasteiger partial charge in [-0.3, -0.25) is 0 Å². The molecule has 4 heteroatoms. The molecule has 0 amide bonds. The summed E-state index contributed by atoms with van der Waals surface area (Å²) in [5, 5.41) is 28.1. The van der Waals surface area contributed by atoms with E-state index in [9.17, 15) is 10.5 Å². The van der Waals surface area contributed by atoms with Gasteiger partial charge in [0.2, 0.25) is 0 Å². The van der Waals surface area contributed by atoms with E-state index in [0.29, 0.717) is 11.1 Å². The number of nitriles is 2. The summed E-state index contributed by atoms with van der Waals surface area (Å²) in [5.74, 6) is 0. The lowest BCUT2D eigenvalue weighted by Gasteiger charge is -2.34. The third-order valence-corrected chi connectivity index (χ3v) is 14.1. The van der Waals surface area contributed by atoms with Crippen molar-refractivity contribution in [3.63, 3.8) is 0 Å². The van der Waals surface area contributed by atoms with Crippen LogP contribution in [0.2, 0.25) is 0 Å². The number of para-hydroxylation sites is 2. The lowest BCUT2D eigenvalue weighted by atomic mass is 10.0. The SMILES string of the molecule is N#Cc1cc(-c2ccc(-n3c4ccccc4c4ccccc43)c(C#N)c2)cc([Si](c2ccccc2)(c2ccccc2)c2ccccc2)c1. The molecule has 0 N–H and O–H groups in total. The Morgan fingerprint density at radius 1 is 0.417 bits per heavy atom. The lowest BCUT2D eigenvalue weighted by molar-refractivity contribution is 1.17. The third kappa shape index (κ3) is 4.64. The molecule has 0 atom stereocenters. The largest absolute Gasteiger partial charge is 0.308 e. The summed E-state index contributed by atoms with van der Waals surface area (Å²) in [6, 6.07) is 66.1. The van der Waals surface area contributed by atoms with E-state index in [1.54, 1.807) is 0 Å². The Labute approximate surface area is 280 Å². The number of aromatic nitrogens is 1. The van der Waals surface area contributed by atoms with E-state index in [-0.39, 0.29) is 0 Å². The summed E-state index contributed by atoms with van der Waals surface area (Å²) in [6.45, 7) is 0. The molecule has 0 radical (unpaired) electrons. The highest BCUT2D eigenvalue weighted by atomic mass is 28.3. The average molecular weight is 628 g/mol. The van der Waals surface area contributed by atoms with Crippen LogP contribution in [-0.2, 0) is 0 Å². The van der Waals surface area contributed by atoms with Crippen molar-refractivity contribution >= 4 is 50.6 Å². The summed E-state index contributed by atoms with van der Waals surface area (Å²) in [5.41, 5.74) is 5.91. The van der Waals surface area contributed by atoms with E-state index < -0.39 is 8.07 Å². The first-order valence-corrected chi connectivity index (χ1v) is 18.0. The van der Waals surface area contributed by atoms with Crippen molar-refractivity contribution in [3.05, 3.63) is 187 Å². The highest BCUT2D eigenvalue weighted by Gasteiger charge is 2.41. The summed E-state index contributed by atoms with van der Waals surface area (Å²) in [7, 11) is -2.87. The molecular formula is C44H29N3Si. The van der Waals surface area contributed by atoms with E-state index in [1.165, 1.54) is 15.6 Å². The number of benzene rings is 7. The maximum atomic E-state index is 10.6. The van der Waals surface area contributed by atoms with Crippen LogP contribution < -0.4 is 20.7 Å². The van der Waals surface area contributed by atoms with Gasteiger partial charge in [-0.05, 0) is 68.3 Å². The topological polar surface area (TPSA) is 52.5 Å². The van der Waals surface area contributed by atoms with Crippen LogP contribution in [0.25, 0.3) is 38.6 Å². The highest BCUT2D eigenvalue weighted by molar-refractivity contribution is 7.19. The van der Waals surface area contributed by atoms with Crippen LogP contribution in [0.15, 0.2) is 176 Å². The molecule has 0 aliphatic rings. The standard InChI is InChI=1S/C44H29N3Si/c45-30-32-26-34(33-24-25-42(35(28-33)31-46)47-43-22-12-10-20-40(43)41-21-11-13-23-44(41)47)29-39(27-32)48(36-14-4-1-5-15-36,37-16-6-2-7-17-37)38-18-8-3-9-19-38/h1-29H. The van der Waals surface area contributed by atoms with Crippen molar-refractivity contribution in [2.45, 2.75) is 0 Å². The second-order valence-corrected chi connectivity index (χ2v) is 15.8. The summed E-state index contributed by atoms with van der Waals surface area (Å²) in [4.78, 5) is 0. The molecule has 0 saturated carbocycles. The van der Waals surface area contributed by atoms with Crippen LogP contribution in [0.4, 0.5) is 0 Å². The molecule has 0 aliphatic heterocycles. The van der Waals surface area contributed by atoms with Gasteiger partial charge in [0.15, 0.2) is 8.07 Å². The van der Waals surface area contributed by atoms with Gasteiger partial charge in [-0.1, -0.05) is 140 Å². The first kappa shape index (κ1) is 29.0. The van der Waals surface area contributed by atoms with Crippen molar-refractivity contribution in [1.82, 2.24) is 4.57 Å². The van der Waals surface area contributed by atoms with Crippen LogP contribution in [-0.4, -0.2) is 12.6 Å². The molecular weight excluding hydrogens is 599 g/mol. The zero-order chi connectivity index (χ0) is 32.5. The normalized spacial score (nSPS) is 11.3. The van der Waals surface area contributed by atoms with Gasteiger partial charge in [0.25, 0.3) is 0 Å². The lowest BCUT2D eigenvalue weighted by Crippen LogP contribution is -2.74. The molecule has 48 heavy (non-hydrogen) atoms. The Hall–Kier alpha value is -6.46. The van der Waals surface area contributed by atoms with E-state index in [1.807, 2.05) is 30.3 Å². The molecule has 7 aromatic carbocycles. The van der Waals surface area contributed by atoms with Crippen molar-refractivity contribution in [2.24, 2.45) is 0 Å². The molecule has 0 fully saturated rings. The van der Waals surface area contributed by atoms with Gasteiger partial charge in [-0.15, -0.1) is 0 Å². The van der Waals surface area contributed by atoms with Gasteiger partial charge in [-0.25, -0.2) is 0 Å². The van der Waals surface area contributed by atoms with Crippen LogP contribution in [0.1, 0.15) is 11.1 Å². The maximum Gasteiger partial charge on any atom is 0.179 e. The quantitative estimate of drug-likeness (QED) is 0.141. The molecule has 0 bridgehead atoms. The Balaban J connectivity index is 1.37. The Morgan fingerprint density at radius 3 is 1.42 bits per heavy atom. The number of hydrogen-bond donors (Lipinski definition) is 0. The van der Waals surface area contributed by atoms with Crippen LogP contribution in [0.5, 0.6) is 0 Å². The minimum atomic E-state index is -2.87. The van der Waals surface area contributed by atoms with E-state index in [4.69, 9.17) is 0 Å². The maximum absolute atomic E-state index is 10.6. The molecule has 1 heterocycles. The number of hydrogen-bond acceptors (Lipinski definition) is 2.